The van der Waals surface area contributed by atoms with Gasteiger partial charge in [0.1, 0.15) is 9.96 Å². The summed E-state index contributed by atoms with van der Waals surface area (Å²) in [5.41, 5.74) is 0.932. The Balaban J connectivity index is 1.56. The Kier molecular flexibility index (Phi) is 4.37. The van der Waals surface area contributed by atoms with Crippen LogP contribution in [0.4, 0.5) is 5.69 Å². The highest BCUT2D eigenvalue weighted by atomic mass is 35.5. The molecular formula is C16H14ClN3O4S2. The molecule has 0 saturated heterocycles. The highest BCUT2D eigenvalue weighted by Gasteiger charge is 2.30. The molecule has 4 rings (SSSR count). The van der Waals surface area contributed by atoms with Crippen molar-refractivity contribution in [3.05, 3.63) is 40.6 Å². The summed E-state index contributed by atoms with van der Waals surface area (Å²) in [6.45, 7) is 0. The predicted octanol–water partition coefficient (Wildman–Crippen LogP) is 4.14. The first kappa shape index (κ1) is 17.3. The first-order chi connectivity index (χ1) is 12.5. The van der Waals surface area contributed by atoms with Crippen LogP contribution < -0.4 is 9.46 Å². The number of benzene rings is 1. The predicted molar refractivity (Wildman–Crippen MR) is 98.4 cm³/mol. The first-order valence-electron chi connectivity index (χ1n) is 7.75. The van der Waals surface area contributed by atoms with Crippen molar-refractivity contribution in [3.63, 3.8) is 0 Å². The zero-order chi connectivity index (χ0) is 18.3. The van der Waals surface area contributed by atoms with Gasteiger partial charge in [0.25, 0.3) is 10.0 Å². The molecule has 1 aliphatic carbocycles. The molecule has 0 atom stereocenters. The molecule has 0 bridgehead atoms. The monoisotopic (exact) mass is 411 g/mol. The molecule has 1 fully saturated rings. The van der Waals surface area contributed by atoms with E-state index < -0.39 is 10.0 Å². The number of halogens is 1. The van der Waals surface area contributed by atoms with Crippen LogP contribution in [0.3, 0.4) is 0 Å². The van der Waals surface area contributed by atoms with E-state index in [-0.39, 0.29) is 4.21 Å². The van der Waals surface area contributed by atoms with Crippen molar-refractivity contribution in [2.75, 3.05) is 11.8 Å². The van der Waals surface area contributed by atoms with Crippen molar-refractivity contribution >= 4 is 38.6 Å². The number of nitrogens with zero attached hydrogens (tertiary/aromatic N) is 2. The minimum Gasteiger partial charge on any atom is -0.495 e. The average molecular weight is 412 g/mol. The van der Waals surface area contributed by atoms with Crippen LogP contribution in [0.2, 0.25) is 5.02 Å². The molecule has 0 radical (unpaired) electrons. The fourth-order valence-electron chi connectivity index (χ4n) is 2.35. The lowest BCUT2D eigenvalue weighted by molar-refractivity contribution is 0.415. The van der Waals surface area contributed by atoms with Gasteiger partial charge < -0.3 is 9.15 Å². The van der Waals surface area contributed by atoms with E-state index in [9.17, 15) is 8.42 Å². The molecule has 0 unspecified atom stereocenters. The highest BCUT2D eigenvalue weighted by Crippen LogP contribution is 2.40. The van der Waals surface area contributed by atoms with Gasteiger partial charge in [-0.3, -0.25) is 4.72 Å². The quantitative estimate of drug-likeness (QED) is 0.655. The smallest absolute Gasteiger partial charge is 0.271 e. The van der Waals surface area contributed by atoms with Gasteiger partial charge in [-0.15, -0.1) is 21.5 Å². The maximum absolute atomic E-state index is 12.6. The van der Waals surface area contributed by atoms with Gasteiger partial charge in [-0.2, -0.15) is 0 Å². The molecule has 1 N–H and O–H groups in total. The Morgan fingerprint density at radius 2 is 2.12 bits per heavy atom. The summed E-state index contributed by atoms with van der Waals surface area (Å²) < 4.78 is 38.5. The van der Waals surface area contributed by atoms with E-state index in [1.54, 1.807) is 17.5 Å². The molecule has 7 nitrogen and oxygen atoms in total. The van der Waals surface area contributed by atoms with E-state index in [0.29, 0.717) is 39.7 Å². The Hall–Kier alpha value is -2.10. The molecule has 2 heterocycles. The number of hydrogen-bond donors (Lipinski definition) is 1. The molecule has 1 aliphatic rings. The van der Waals surface area contributed by atoms with Crippen molar-refractivity contribution in [1.82, 2.24) is 10.2 Å². The molecule has 0 amide bonds. The second-order valence-corrected chi connectivity index (χ2v) is 9.06. The van der Waals surface area contributed by atoms with Crippen LogP contribution in [0, 0.1) is 0 Å². The Bertz CT molecular complexity index is 1060. The normalized spacial score (nSPS) is 14.4. The van der Waals surface area contributed by atoms with Gasteiger partial charge >= 0.3 is 0 Å². The molecule has 10 heteroatoms. The van der Waals surface area contributed by atoms with E-state index in [1.165, 1.54) is 19.2 Å². The minimum atomic E-state index is -3.75. The van der Waals surface area contributed by atoms with Gasteiger partial charge in [0, 0.05) is 11.3 Å². The molecule has 26 heavy (non-hydrogen) atoms. The summed E-state index contributed by atoms with van der Waals surface area (Å²) in [4.78, 5) is 0. The molecule has 136 valence electrons. The highest BCUT2D eigenvalue weighted by molar-refractivity contribution is 7.94. The second-order valence-electron chi connectivity index (χ2n) is 5.83. The summed E-state index contributed by atoms with van der Waals surface area (Å²) in [6.07, 6.45) is 2.11. The summed E-state index contributed by atoms with van der Waals surface area (Å²) in [5, 5.41) is 10.0. The number of rotatable bonds is 6. The van der Waals surface area contributed by atoms with Gasteiger partial charge in [0.15, 0.2) is 0 Å². The third-order valence-corrected chi connectivity index (χ3v) is 6.97. The van der Waals surface area contributed by atoms with Crippen LogP contribution in [0.1, 0.15) is 24.7 Å². The van der Waals surface area contributed by atoms with E-state index in [1.807, 2.05) is 0 Å². The van der Waals surface area contributed by atoms with Gasteiger partial charge in [-0.25, -0.2) is 8.42 Å². The zero-order valence-electron chi connectivity index (χ0n) is 13.6. The lowest BCUT2D eigenvalue weighted by Gasteiger charge is -2.08. The maximum Gasteiger partial charge on any atom is 0.271 e. The molecular weight excluding hydrogens is 398 g/mol. The standard InChI is InChI=1S/C16H14ClN3O4S2/c1-23-13-5-4-11(7-12(13)17)20-26(21,22)14-6-10(8-25-14)16-19-18-15(24-16)9-2-3-9/h4-9,20H,2-3H2,1H3. The van der Waals surface area contributed by atoms with Gasteiger partial charge in [-0.05, 0) is 37.1 Å². The lowest BCUT2D eigenvalue weighted by Crippen LogP contribution is -2.11. The second kappa shape index (κ2) is 6.57. The number of ether oxygens (including phenoxy) is 1. The van der Waals surface area contributed by atoms with E-state index in [2.05, 4.69) is 14.9 Å². The number of thiophene rings is 1. The number of nitrogens with one attached hydrogen (secondary N) is 1. The van der Waals surface area contributed by atoms with Gasteiger partial charge in [-0.1, -0.05) is 11.6 Å². The number of hydrogen-bond acceptors (Lipinski definition) is 7. The van der Waals surface area contributed by atoms with Gasteiger partial charge in [0.2, 0.25) is 11.8 Å². The van der Waals surface area contributed by atoms with Crippen molar-refractivity contribution in [2.24, 2.45) is 0 Å². The number of anilines is 1. The third-order valence-electron chi connectivity index (χ3n) is 3.86. The third kappa shape index (κ3) is 3.42. The Labute approximate surface area is 159 Å². The fourth-order valence-corrected chi connectivity index (χ4v) is 4.81. The van der Waals surface area contributed by atoms with Crippen LogP contribution in [0.5, 0.6) is 5.75 Å². The van der Waals surface area contributed by atoms with Crippen molar-refractivity contribution < 1.29 is 17.6 Å². The summed E-state index contributed by atoms with van der Waals surface area (Å²) in [5.74, 6) is 1.76. The summed E-state index contributed by atoms with van der Waals surface area (Å²) in [6, 6.07) is 6.18. The Morgan fingerprint density at radius 3 is 2.81 bits per heavy atom. The minimum absolute atomic E-state index is 0.144. The maximum atomic E-state index is 12.6. The summed E-state index contributed by atoms with van der Waals surface area (Å²) in [7, 11) is -2.26. The lowest BCUT2D eigenvalue weighted by atomic mass is 10.3. The van der Waals surface area contributed by atoms with Crippen LogP contribution in [0.15, 0.2) is 38.3 Å². The average Bonchev–Trinajstić information content (AvgIpc) is 3.12. The molecule has 1 aromatic carbocycles. The van der Waals surface area contributed by atoms with Crippen LogP contribution in [-0.4, -0.2) is 25.7 Å². The van der Waals surface area contributed by atoms with Crippen molar-refractivity contribution in [3.8, 4) is 17.2 Å². The molecule has 2 aromatic heterocycles. The van der Waals surface area contributed by atoms with E-state index in [0.717, 1.165) is 24.2 Å². The Morgan fingerprint density at radius 1 is 1.31 bits per heavy atom. The molecule has 0 aliphatic heterocycles. The molecule has 3 aromatic rings. The van der Waals surface area contributed by atoms with Crippen molar-refractivity contribution in [1.29, 1.82) is 0 Å². The molecule has 1 saturated carbocycles. The number of methoxy groups -OCH3 is 1. The topological polar surface area (TPSA) is 94.3 Å². The van der Waals surface area contributed by atoms with Gasteiger partial charge in [0.05, 0.1) is 23.4 Å². The first-order valence-corrected chi connectivity index (χ1v) is 10.5. The fraction of sp³-hybridized carbons (Fsp3) is 0.250. The number of aromatic nitrogens is 2. The number of sulfonamides is 1. The summed E-state index contributed by atoms with van der Waals surface area (Å²) >= 11 is 7.12. The SMILES string of the molecule is COc1ccc(NS(=O)(=O)c2cc(-c3nnc(C4CC4)o3)cs2)cc1Cl. The van der Waals surface area contributed by atoms with E-state index in [4.69, 9.17) is 20.8 Å². The molecule has 0 spiro atoms. The van der Waals surface area contributed by atoms with Crippen LogP contribution in [-0.2, 0) is 10.0 Å². The van der Waals surface area contributed by atoms with Crippen LogP contribution in [0.25, 0.3) is 11.5 Å². The van der Waals surface area contributed by atoms with E-state index >= 15 is 0 Å². The zero-order valence-corrected chi connectivity index (χ0v) is 16.0. The largest absolute Gasteiger partial charge is 0.495 e. The van der Waals surface area contributed by atoms with Crippen LogP contribution >= 0.6 is 22.9 Å². The van der Waals surface area contributed by atoms with Crippen molar-refractivity contribution in [2.45, 2.75) is 23.0 Å².